The van der Waals surface area contributed by atoms with E-state index in [0.29, 0.717) is 0 Å². The van der Waals surface area contributed by atoms with Gasteiger partial charge >= 0.3 is 0 Å². The van der Waals surface area contributed by atoms with Crippen LogP contribution in [0.3, 0.4) is 0 Å². The summed E-state index contributed by atoms with van der Waals surface area (Å²) in [6, 6.07) is 7.53. The Morgan fingerprint density at radius 2 is 2.18 bits per heavy atom. The van der Waals surface area contributed by atoms with Crippen molar-refractivity contribution in [2.75, 3.05) is 0 Å². The lowest BCUT2D eigenvalue weighted by molar-refractivity contribution is -0.221. The molecule has 0 spiro atoms. The van der Waals surface area contributed by atoms with Crippen LogP contribution in [-0.2, 0) is 4.89 Å². The summed E-state index contributed by atoms with van der Waals surface area (Å²) in [6.07, 6.45) is -0.355. The third-order valence-electron chi connectivity index (χ3n) is 1.58. The molecule has 0 N–H and O–H groups in total. The van der Waals surface area contributed by atoms with E-state index in [0.717, 1.165) is 11.3 Å². The predicted octanol–water partition coefficient (Wildman–Crippen LogP) is 1.71. The minimum absolute atomic E-state index is 0.355. The average molecular weight is 149 g/mol. The number of rotatable bonds is 1. The Morgan fingerprint density at radius 1 is 1.36 bits per heavy atom. The molecule has 1 atom stereocenters. The highest BCUT2D eigenvalue weighted by molar-refractivity contribution is 5.38. The molecule has 0 aliphatic carbocycles. The van der Waals surface area contributed by atoms with Crippen molar-refractivity contribution in [3.05, 3.63) is 29.8 Å². The number of fused-ring (bicyclic) bond motifs is 1. The van der Waals surface area contributed by atoms with Crippen LogP contribution in [0.25, 0.3) is 0 Å². The van der Waals surface area contributed by atoms with Crippen molar-refractivity contribution in [3.63, 3.8) is 0 Å². The van der Waals surface area contributed by atoms with Gasteiger partial charge in [0.2, 0.25) is 6.23 Å². The van der Waals surface area contributed by atoms with Gasteiger partial charge in [0.1, 0.15) is 0 Å². The molecule has 1 heterocycles. The van der Waals surface area contributed by atoms with Crippen molar-refractivity contribution in [2.24, 2.45) is 4.99 Å². The molecule has 2 rings (SSSR count). The van der Waals surface area contributed by atoms with E-state index in [2.05, 4.69) is 11.7 Å². The lowest BCUT2D eigenvalue weighted by atomic mass is 10.2. The molecular formula is C8H7NO2. The first kappa shape index (κ1) is 6.37. The molecular weight excluding hydrogens is 142 g/mol. The molecule has 0 saturated heterocycles. The van der Waals surface area contributed by atoms with Gasteiger partial charge in [-0.1, -0.05) is 18.2 Å². The Labute approximate surface area is 64.2 Å². The van der Waals surface area contributed by atoms with Crippen molar-refractivity contribution in [2.45, 2.75) is 6.23 Å². The zero-order valence-corrected chi connectivity index (χ0v) is 5.86. The highest BCUT2D eigenvalue weighted by atomic mass is 17.2. The largest absolute Gasteiger partial charge is 0.334 e. The van der Waals surface area contributed by atoms with Gasteiger partial charge in [0.25, 0.3) is 0 Å². The fraction of sp³-hybridized carbons (Fsp3) is 0.125. The zero-order valence-electron chi connectivity index (χ0n) is 5.86. The minimum atomic E-state index is -0.355. The molecule has 0 aromatic heterocycles. The quantitative estimate of drug-likeness (QED) is 0.449. The fourth-order valence-electron chi connectivity index (χ4n) is 1.04. The normalized spacial score (nSPS) is 20.5. The summed E-state index contributed by atoms with van der Waals surface area (Å²) in [5, 5.41) is 0. The Hall–Kier alpha value is -1.35. The molecule has 1 aromatic carbocycles. The maximum absolute atomic E-state index is 4.87. The summed E-state index contributed by atoms with van der Waals surface area (Å²) < 4.78 is 0. The molecule has 3 nitrogen and oxygen atoms in total. The van der Waals surface area contributed by atoms with E-state index in [1.54, 1.807) is 0 Å². The van der Waals surface area contributed by atoms with Crippen LogP contribution in [0.1, 0.15) is 11.8 Å². The van der Waals surface area contributed by atoms with Crippen LogP contribution in [0.2, 0.25) is 0 Å². The highest BCUT2D eigenvalue weighted by Crippen LogP contribution is 2.34. The maximum Gasteiger partial charge on any atom is 0.222 e. The molecule has 0 radical (unpaired) electrons. The SMILES string of the molecule is C=NC1OOc2ccccc21. The third-order valence-corrected chi connectivity index (χ3v) is 1.58. The van der Waals surface area contributed by atoms with Crippen molar-refractivity contribution < 1.29 is 9.78 Å². The van der Waals surface area contributed by atoms with E-state index in [1.807, 2.05) is 24.3 Å². The van der Waals surface area contributed by atoms with E-state index in [-0.39, 0.29) is 6.23 Å². The summed E-state index contributed by atoms with van der Waals surface area (Å²) >= 11 is 0. The standard InChI is InChI=1S/C8H7NO2/c1-9-8-6-4-2-3-5-7(6)10-11-8/h2-5,8H,1H2. The lowest BCUT2D eigenvalue weighted by Gasteiger charge is -1.96. The second kappa shape index (κ2) is 2.36. The molecule has 3 heteroatoms. The van der Waals surface area contributed by atoms with Crippen LogP contribution in [0.15, 0.2) is 29.3 Å². The van der Waals surface area contributed by atoms with Crippen LogP contribution >= 0.6 is 0 Å². The smallest absolute Gasteiger partial charge is 0.222 e. The first-order valence-electron chi connectivity index (χ1n) is 3.30. The summed E-state index contributed by atoms with van der Waals surface area (Å²) in [4.78, 5) is 13.4. The van der Waals surface area contributed by atoms with Gasteiger partial charge in [0, 0.05) is 0 Å². The third kappa shape index (κ3) is 0.897. The predicted molar refractivity (Wildman–Crippen MR) is 40.4 cm³/mol. The molecule has 0 bridgehead atoms. The Balaban J connectivity index is 2.46. The van der Waals surface area contributed by atoms with Gasteiger partial charge < -0.3 is 4.89 Å². The summed E-state index contributed by atoms with van der Waals surface area (Å²) in [7, 11) is 0. The molecule has 11 heavy (non-hydrogen) atoms. The average Bonchev–Trinajstić information content (AvgIpc) is 2.47. The molecule has 1 aliphatic rings. The molecule has 0 amide bonds. The Kier molecular flexibility index (Phi) is 1.36. The summed E-state index contributed by atoms with van der Waals surface area (Å²) in [6.45, 7) is 3.39. The van der Waals surface area contributed by atoms with E-state index < -0.39 is 0 Å². The maximum atomic E-state index is 4.87. The molecule has 1 unspecified atom stereocenters. The van der Waals surface area contributed by atoms with Crippen molar-refractivity contribution in [3.8, 4) is 5.75 Å². The lowest BCUT2D eigenvalue weighted by Crippen LogP contribution is -1.91. The number of hydrogen-bond donors (Lipinski definition) is 0. The monoisotopic (exact) mass is 149 g/mol. The van der Waals surface area contributed by atoms with Crippen molar-refractivity contribution in [1.29, 1.82) is 0 Å². The van der Waals surface area contributed by atoms with Gasteiger partial charge in [-0.25, -0.2) is 0 Å². The number of hydrogen-bond acceptors (Lipinski definition) is 3. The highest BCUT2D eigenvalue weighted by Gasteiger charge is 2.23. The number of benzene rings is 1. The Morgan fingerprint density at radius 3 is 3.00 bits per heavy atom. The Bertz CT molecular complexity index is 285. The van der Waals surface area contributed by atoms with Gasteiger partial charge in [-0.2, -0.15) is 4.89 Å². The molecule has 1 aliphatic heterocycles. The second-order valence-electron chi connectivity index (χ2n) is 2.25. The second-order valence-corrected chi connectivity index (χ2v) is 2.25. The minimum Gasteiger partial charge on any atom is -0.334 e. The number of nitrogens with zero attached hydrogens (tertiary/aromatic N) is 1. The number of para-hydroxylation sites is 1. The van der Waals surface area contributed by atoms with Crippen molar-refractivity contribution in [1.82, 2.24) is 0 Å². The van der Waals surface area contributed by atoms with Gasteiger partial charge in [0.05, 0.1) is 5.56 Å². The van der Waals surface area contributed by atoms with Crippen LogP contribution in [-0.4, -0.2) is 6.72 Å². The van der Waals surface area contributed by atoms with E-state index >= 15 is 0 Å². The van der Waals surface area contributed by atoms with Gasteiger partial charge in [-0.05, 0) is 12.8 Å². The van der Waals surface area contributed by atoms with Crippen molar-refractivity contribution >= 4 is 6.72 Å². The summed E-state index contributed by atoms with van der Waals surface area (Å²) in [5.41, 5.74) is 0.933. The molecule has 56 valence electrons. The van der Waals surface area contributed by atoms with Crippen LogP contribution < -0.4 is 4.89 Å². The summed E-state index contributed by atoms with van der Waals surface area (Å²) in [5.74, 6) is 0.727. The zero-order chi connectivity index (χ0) is 7.68. The number of aliphatic imine (C=N–C) groups is 1. The fourth-order valence-corrected chi connectivity index (χ4v) is 1.04. The molecule has 0 saturated carbocycles. The van der Waals surface area contributed by atoms with Crippen LogP contribution in [0.4, 0.5) is 0 Å². The van der Waals surface area contributed by atoms with E-state index in [4.69, 9.17) is 9.78 Å². The molecule has 0 fully saturated rings. The van der Waals surface area contributed by atoms with Gasteiger partial charge in [-0.3, -0.25) is 4.99 Å². The van der Waals surface area contributed by atoms with E-state index in [1.165, 1.54) is 0 Å². The van der Waals surface area contributed by atoms with Crippen LogP contribution in [0, 0.1) is 0 Å². The van der Waals surface area contributed by atoms with Gasteiger partial charge in [-0.15, -0.1) is 0 Å². The van der Waals surface area contributed by atoms with E-state index in [9.17, 15) is 0 Å². The van der Waals surface area contributed by atoms with Crippen LogP contribution in [0.5, 0.6) is 5.75 Å². The molecule has 1 aromatic rings. The first-order chi connectivity index (χ1) is 5.42. The first-order valence-corrected chi connectivity index (χ1v) is 3.30. The topological polar surface area (TPSA) is 30.8 Å². The van der Waals surface area contributed by atoms with Gasteiger partial charge in [0.15, 0.2) is 5.75 Å².